The molecule has 0 saturated carbocycles. The van der Waals surface area contributed by atoms with Gasteiger partial charge in [0.25, 0.3) is 0 Å². The standard InChI is InChI=1S/Li.Mg.Na.Ni.4H. The average molecular weight is 117 g/mol. The van der Waals surface area contributed by atoms with Crippen molar-refractivity contribution < 1.29 is 16.5 Å². The summed E-state index contributed by atoms with van der Waals surface area (Å²) in [6.07, 6.45) is 0. The average Bonchev–Trinajstić information content (AvgIpc) is 0. The van der Waals surface area contributed by atoms with E-state index >= 15 is 0 Å². The molecule has 0 aliphatic heterocycles. The van der Waals surface area contributed by atoms with Crippen molar-refractivity contribution in [1.82, 2.24) is 0 Å². The van der Waals surface area contributed by atoms with Crippen LogP contribution in [0, 0.1) is 0 Å². The Labute approximate surface area is 86.4 Å². The van der Waals surface area contributed by atoms with E-state index in [9.17, 15) is 0 Å². The summed E-state index contributed by atoms with van der Waals surface area (Å²) in [6, 6.07) is 0. The van der Waals surface area contributed by atoms with Crippen LogP contribution in [-0.2, 0) is 16.5 Å². The van der Waals surface area contributed by atoms with Crippen molar-refractivity contribution in [2.45, 2.75) is 0 Å². The van der Waals surface area contributed by atoms with E-state index in [2.05, 4.69) is 0 Å². The first-order valence-electron chi connectivity index (χ1n) is 0. The van der Waals surface area contributed by atoms with Crippen LogP contribution >= 0.6 is 0 Å². The number of hydrogen-bond donors (Lipinski definition) is 0. The van der Waals surface area contributed by atoms with Gasteiger partial charge >= 0.3 is 71.5 Å². The fraction of sp³-hybridized carbons (Fsp3) is 0. The molecule has 0 aromatic rings. The first kappa shape index (κ1) is 28.8. The van der Waals surface area contributed by atoms with Crippen LogP contribution in [0.5, 0.6) is 0 Å². The molecule has 0 atom stereocenters. The second-order valence-electron chi connectivity index (χ2n) is 0. The smallest absolute Gasteiger partial charge is 0 e. The predicted octanol–water partition coefficient (Wildman–Crippen LogP) is -2.22. The van der Waals surface area contributed by atoms with Crippen LogP contribution in [-0.4, -0.2) is 71.5 Å². The zero-order chi connectivity index (χ0) is 0. The third-order valence-corrected chi connectivity index (χ3v) is 0. The Balaban J connectivity index is 0. The summed E-state index contributed by atoms with van der Waals surface area (Å²) < 4.78 is 0. The number of rotatable bonds is 0. The number of hydrogen-bond acceptors (Lipinski definition) is 0. The largest absolute Gasteiger partial charge is 0 e. The molecule has 0 aliphatic rings. The summed E-state index contributed by atoms with van der Waals surface area (Å²) >= 11 is 0. The molecule has 0 bridgehead atoms. The molecule has 0 rings (SSSR count). The van der Waals surface area contributed by atoms with Crippen molar-refractivity contribution in [2.24, 2.45) is 0 Å². The van der Waals surface area contributed by atoms with Gasteiger partial charge in [0, 0.05) is 16.5 Å². The van der Waals surface area contributed by atoms with E-state index in [-0.39, 0.29) is 88.0 Å². The molecule has 0 N–H and O–H groups in total. The van der Waals surface area contributed by atoms with Crippen molar-refractivity contribution >= 4 is 71.5 Å². The molecule has 0 saturated heterocycles. The maximum atomic E-state index is 0. The Kier molecular flexibility index (Phi) is 122. The van der Waals surface area contributed by atoms with E-state index in [4.69, 9.17) is 0 Å². The Morgan fingerprint density at radius 1 is 1.00 bits per heavy atom. The van der Waals surface area contributed by atoms with Gasteiger partial charge in [-0.25, -0.2) is 0 Å². The van der Waals surface area contributed by atoms with E-state index in [1.807, 2.05) is 0 Å². The first-order chi connectivity index (χ1) is 0. The van der Waals surface area contributed by atoms with Crippen molar-refractivity contribution in [3.8, 4) is 0 Å². The summed E-state index contributed by atoms with van der Waals surface area (Å²) in [7, 11) is 0. The molecule has 0 amide bonds. The first-order valence-corrected chi connectivity index (χ1v) is 0. The molecule has 4 heavy (non-hydrogen) atoms. The Hall–Kier alpha value is 2.86. The third kappa shape index (κ3) is 8.85. The molecule has 0 nitrogen and oxygen atoms in total. The molecule has 0 fully saturated rings. The van der Waals surface area contributed by atoms with Gasteiger partial charge in [-0.15, -0.1) is 0 Å². The Bertz CT molecular complexity index is 8.00. The second-order valence-corrected chi connectivity index (χ2v) is 0. The fourth-order valence-electron chi connectivity index (χ4n) is 0. The van der Waals surface area contributed by atoms with Crippen LogP contribution in [0.4, 0.5) is 0 Å². The monoisotopic (exact) mass is 116 g/mol. The predicted molar refractivity (Wildman–Crippen MR) is 22.8 cm³/mol. The van der Waals surface area contributed by atoms with Crippen LogP contribution in [0.25, 0.3) is 0 Å². The summed E-state index contributed by atoms with van der Waals surface area (Å²) in [5.74, 6) is 0. The molecule has 0 unspecified atom stereocenters. The topological polar surface area (TPSA) is 0 Å². The minimum Gasteiger partial charge on any atom is 0 e. The summed E-state index contributed by atoms with van der Waals surface area (Å²) in [6.45, 7) is 0. The van der Waals surface area contributed by atoms with Crippen LogP contribution in [0.2, 0.25) is 0 Å². The van der Waals surface area contributed by atoms with Gasteiger partial charge in [0.15, 0.2) is 0 Å². The molecule has 0 heterocycles. The van der Waals surface area contributed by atoms with Gasteiger partial charge in [-0.1, -0.05) is 0 Å². The van der Waals surface area contributed by atoms with Gasteiger partial charge in [-0.3, -0.25) is 0 Å². The maximum Gasteiger partial charge on any atom is 0 e. The molecule has 0 aromatic carbocycles. The summed E-state index contributed by atoms with van der Waals surface area (Å²) in [4.78, 5) is 0. The molecule has 18 valence electrons. The van der Waals surface area contributed by atoms with E-state index in [1.54, 1.807) is 0 Å². The third-order valence-electron chi connectivity index (χ3n) is 0. The van der Waals surface area contributed by atoms with E-state index in [1.165, 1.54) is 0 Å². The quantitative estimate of drug-likeness (QED) is 0.315. The SMILES string of the molecule is [LiH].[MgH2].[NaH].[Ni]. The van der Waals surface area contributed by atoms with Gasteiger partial charge in [0.05, 0.1) is 0 Å². The molecule has 0 radical (unpaired) electrons. The van der Waals surface area contributed by atoms with Crippen LogP contribution in [0.3, 0.4) is 0 Å². The van der Waals surface area contributed by atoms with Crippen molar-refractivity contribution in [1.29, 1.82) is 0 Å². The van der Waals surface area contributed by atoms with Crippen molar-refractivity contribution in [3.63, 3.8) is 0 Å². The minimum atomic E-state index is 0. The van der Waals surface area contributed by atoms with Gasteiger partial charge in [-0.05, 0) is 0 Å². The van der Waals surface area contributed by atoms with Gasteiger partial charge in [0.1, 0.15) is 0 Å². The van der Waals surface area contributed by atoms with E-state index in [0.717, 1.165) is 0 Å². The molecular weight excluding hydrogens is 113 g/mol. The maximum absolute atomic E-state index is 0. The van der Waals surface area contributed by atoms with E-state index in [0.29, 0.717) is 0 Å². The zero-order valence-electron chi connectivity index (χ0n) is 0.316. The van der Waals surface area contributed by atoms with Crippen LogP contribution in [0.1, 0.15) is 0 Å². The Morgan fingerprint density at radius 3 is 1.00 bits per heavy atom. The second kappa shape index (κ2) is 16.9. The summed E-state index contributed by atoms with van der Waals surface area (Å²) in [5.41, 5.74) is 0. The van der Waals surface area contributed by atoms with Crippen molar-refractivity contribution in [2.75, 3.05) is 0 Å². The molecule has 0 aliphatic carbocycles. The minimum absolute atomic E-state index is 0. The zero-order valence-corrected chi connectivity index (χ0v) is 1.30. The molecule has 4 heteroatoms. The van der Waals surface area contributed by atoms with Crippen LogP contribution < -0.4 is 0 Å². The summed E-state index contributed by atoms with van der Waals surface area (Å²) in [5, 5.41) is 0. The normalized spacial score (nSPS) is 0. The molecular formula is H4LiMgNaNi. The van der Waals surface area contributed by atoms with Gasteiger partial charge < -0.3 is 0 Å². The fourth-order valence-corrected chi connectivity index (χ4v) is 0. The van der Waals surface area contributed by atoms with Gasteiger partial charge in [-0.2, -0.15) is 0 Å². The molecule has 0 aromatic heterocycles. The van der Waals surface area contributed by atoms with Gasteiger partial charge in [0.2, 0.25) is 0 Å². The Morgan fingerprint density at radius 2 is 1.00 bits per heavy atom. The van der Waals surface area contributed by atoms with E-state index < -0.39 is 0 Å². The van der Waals surface area contributed by atoms with Crippen molar-refractivity contribution in [3.05, 3.63) is 0 Å². The van der Waals surface area contributed by atoms with Crippen LogP contribution in [0.15, 0.2) is 0 Å². The molecule has 0 spiro atoms.